The van der Waals surface area contributed by atoms with E-state index in [4.69, 9.17) is 18.9 Å². The van der Waals surface area contributed by atoms with E-state index in [1.807, 2.05) is 12.2 Å². The molecular weight excluding hydrogens is 556 g/mol. The summed E-state index contributed by atoms with van der Waals surface area (Å²) in [5.74, 6) is -0.503. The third-order valence-corrected chi connectivity index (χ3v) is 7.55. The van der Waals surface area contributed by atoms with Gasteiger partial charge < -0.3 is 18.9 Å². The smallest absolute Gasteiger partial charge is 0.306 e. The van der Waals surface area contributed by atoms with Crippen LogP contribution in [-0.2, 0) is 33.3 Å². The van der Waals surface area contributed by atoms with Crippen molar-refractivity contribution in [3.05, 3.63) is 24.3 Å². The molecule has 44 heavy (non-hydrogen) atoms. The Kier molecular flexibility index (Phi) is 32.1. The number of rotatable bonds is 32. The van der Waals surface area contributed by atoms with Crippen molar-refractivity contribution in [1.29, 1.82) is 0 Å². The lowest BCUT2D eigenvalue weighted by atomic mass is 10.0. The number of ether oxygens (including phenoxy) is 4. The summed E-state index contributed by atoms with van der Waals surface area (Å²) >= 11 is 0. The third kappa shape index (κ3) is 31.3. The first-order chi connectivity index (χ1) is 21.5. The zero-order chi connectivity index (χ0) is 32.4. The molecule has 7 heteroatoms. The summed E-state index contributed by atoms with van der Waals surface area (Å²) in [7, 11) is 1.62. The molecule has 0 spiro atoms. The summed E-state index contributed by atoms with van der Waals surface area (Å²) < 4.78 is 21.4. The van der Waals surface area contributed by atoms with Crippen molar-refractivity contribution in [1.82, 2.24) is 0 Å². The number of esters is 3. The average Bonchev–Trinajstić information content (AvgIpc) is 3.01. The zero-order valence-electron chi connectivity index (χ0n) is 28.6. The van der Waals surface area contributed by atoms with Crippen LogP contribution in [0, 0.1) is 0 Å². The maximum atomic E-state index is 12.3. The van der Waals surface area contributed by atoms with Crippen LogP contribution in [0.15, 0.2) is 24.3 Å². The molecule has 0 aliphatic carbocycles. The van der Waals surface area contributed by atoms with Crippen LogP contribution < -0.4 is 0 Å². The van der Waals surface area contributed by atoms with E-state index in [0.717, 1.165) is 64.2 Å². The molecule has 0 aromatic carbocycles. The topological polar surface area (TPSA) is 88.1 Å². The highest BCUT2D eigenvalue weighted by Gasteiger charge is 2.15. The lowest BCUT2D eigenvalue weighted by Crippen LogP contribution is -2.19. The Hall–Kier alpha value is -2.15. The van der Waals surface area contributed by atoms with Crippen molar-refractivity contribution in [2.45, 2.75) is 168 Å². The molecule has 7 nitrogen and oxygen atoms in total. The Labute approximate surface area is 269 Å². The molecule has 0 fully saturated rings. The van der Waals surface area contributed by atoms with Gasteiger partial charge in [0.1, 0.15) is 19.3 Å². The Morgan fingerprint density at radius 2 is 0.977 bits per heavy atom. The van der Waals surface area contributed by atoms with E-state index in [9.17, 15) is 14.4 Å². The Bertz CT molecular complexity index is 731. The molecule has 0 aliphatic rings. The van der Waals surface area contributed by atoms with Crippen LogP contribution in [0.3, 0.4) is 0 Å². The van der Waals surface area contributed by atoms with Crippen LogP contribution >= 0.6 is 0 Å². The second-order valence-corrected chi connectivity index (χ2v) is 11.8. The largest absolute Gasteiger partial charge is 0.462 e. The van der Waals surface area contributed by atoms with Crippen LogP contribution in [0.25, 0.3) is 0 Å². The van der Waals surface area contributed by atoms with Gasteiger partial charge in [-0.25, -0.2) is 0 Å². The second kappa shape index (κ2) is 33.7. The van der Waals surface area contributed by atoms with E-state index in [0.29, 0.717) is 45.5 Å². The normalized spacial score (nSPS) is 12.2. The number of unbranched alkanes of at least 4 members (excludes halogenated alkanes) is 13. The van der Waals surface area contributed by atoms with Crippen molar-refractivity contribution >= 4 is 17.9 Å². The highest BCUT2D eigenvalue weighted by molar-refractivity contribution is 5.70. The molecular formula is C37H66O7. The van der Waals surface area contributed by atoms with E-state index in [1.165, 1.54) is 57.8 Å². The van der Waals surface area contributed by atoms with Crippen molar-refractivity contribution in [3.8, 4) is 0 Å². The lowest BCUT2D eigenvalue weighted by Gasteiger charge is -2.18. The second-order valence-electron chi connectivity index (χ2n) is 11.8. The Morgan fingerprint density at radius 3 is 1.48 bits per heavy atom. The molecule has 0 saturated carbocycles. The number of hydrogen-bond donors (Lipinski definition) is 0. The third-order valence-electron chi connectivity index (χ3n) is 7.55. The van der Waals surface area contributed by atoms with E-state index in [1.54, 1.807) is 7.11 Å². The summed E-state index contributed by atoms with van der Waals surface area (Å²) in [5, 5.41) is 0. The lowest BCUT2D eigenvalue weighted by molar-refractivity contribution is -0.150. The average molecular weight is 623 g/mol. The standard InChI is InChI=1S/C37H66O7/c1-4-6-8-10-12-14-16-24-33-43-36(39)29-22-18-20-27-34(44-37(40)30-25-31-41-3)26-19-17-21-28-35(38)42-32-23-15-13-11-9-7-5-2/h15-16,23-24,34H,4-14,17-22,25-33H2,1-3H3/b23-15+,24-16+. The fraction of sp³-hybridized carbons (Fsp3) is 0.811. The molecule has 0 radical (unpaired) electrons. The van der Waals surface area contributed by atoms with Gasteiger partial charge in [0.25, 0.3) is 0 Å². The predicted octanol–water partition coefficient (Wildman–Crippen LogP) is 9.76. The molecule has 0 aliphatic heterocycles. The van der Waals surface area contributed by atoms with Gasteiger partial charge in [0.2, 0.25) is 0 Å². The van der Waals surface area contributed by atoms with Gasteiger partial charge >= 0.3 is 17.9 Å². The minimum atomic E-state index is -0.188. The summed E-state index contributed by atoms with van der Waals surface area (Å²) in [6.45, 7) is 5.66. The van der Waals surface area contributed by atoms with Crippen LogP contribution in [0.4, 0.5) is 0 Å². The van der Waals surface area contributed by atoms with Crippen molar-refractivity contribution < 1.29 is 33.3 Å². The summed E-state index contributed by atoms with van der Waals surface area (Å²) in [6, 6.07) is 0. The molecule has 256 valence electrons. The van der Waals surface area contributed by atoms with Crippen LogP contribution in [0.5, 0.6) is 0 Å². The Balaban J connectivity index is 4.14. The van der Waals surface area contributed by atoms with Crippen molar-refractivity contribution in [2.75, 3.05) is 26.9 Å². The maximum absolute atomic E-state index is 12.3. The molecule has 0 amide bonds. The molecule has 0 aromatic rings. The Morgan fingerprint density at radius 1 is 0.523 bits per heavy atom. The molecule has 1 atom stereocenters. The van der Waals surface area contributed by atoms with Gasteiger partial charge in [-0.05, 0) is 70.6 Å². The first kappa shape index (κ1) is 41.9. The van der Waals surface area contributed by atoms with Crippen LogP contribution in [0.2, 0.25) is 0 Å². The number of carbonyl (C=O) groups is 3. The fourth-order valence-electron chi connectivity index (χ4n) is 4.86. The van der Waals surface area contributed by atoms with Crippen LogP contribution in [0.1, 0.15) is 162 Å². The molecule has 0 aromatic heterocycles. The number of allylic oxidation sites excluding steroid dienone is 2. The van der Waals surface area contributed by atoms with Crippen LogP contribution in [-0.4, -0.2) is 50.9 Å². The van der Waals surface area contributed by atoms with E-state index >= 15 is 0 Å². The summed E-state index contributed by atoms with van der Waals surface area (Å²) in [6.07, 6.45) is 29.8. The first-order valence-electron chi connectivity index (χ1n) is 17.8. The molecule has 1 unspecified atom stereocenters. The quantitative estimate of drug-likeness (QED) is 0.0319. The van der Waals surface area contributed by atoms with Gasteiger partial charge in [0.15, 0.2) is 0 Å². The minimum Gasteiger partial charge on any atom is -0.462 e. The summed E-state index contributed by atoms with van der Waals surface area (Å²) in [5.41, 5.74) is 0. The van der Waals surface area contributed by atoms with E-state index in [2.05, 4.69) is 26.0 Å². The zero-order valence-corrected chi connectivity index (χ0v) is 28.6. The molecule has 0 N–H and O–H groups in total. The minimum absolute atomic E-state index is 0.140. The highest BCUT2D eigenvalue weighted by atomic mass is 16.5. The number of hydrogen-bond acceptors (Lipinski definition) is 7. The van der Waals surface area contributed by atoms with Gasteiger partial charge in [-0.2, -0.15) is 0 Å². The van der Waals surface area contributed by atoms with Gasteiger partial charge in [0.05, 0.1) is 0 Å². The van der Waals surface area contributed by atoms with Gasteiger partial charge in [0, 0.05) is 33.0 Å². The SMILES string of the molecule is CCCCCC/C=C/COC(=O)CCCCCC(CCCCCC(=O)OC/C=C/CCCCCCC)OC(=O)CCCOC. The molecule has 0 rings (SSSR count). The first-order valence-corrected chi connectivity index (χ1v) is 17.8. The molecule has 0 bridgehead atoms. The highest BCUT2D eigenvalue weighted by Crippen LogP contribution is 2.17. The number of methoxy groups -OCH3 is 1. The van der Waals surface area contributed by atoms with Gasteiger partial charge in [-0.1, -0.05) is 95.9 Å². The molecule has 0 heterocycles. The van der Waals surface area contributed by atoms with Gasteiger partial charge in [-0.3, -0.25) is 14.4 Å². The predicted molar refractivity (Wildman–Crippen MR) is 179 cm³/mol. The van der Waals surface area contributed by atoms with Gasteiger partial charge in [-0.15, -0.1) is 0 Å². The van der Waals surface area contributed by atoms with Crippen molar-refractivity contribution in [3.63, 3.8) is 0 Å². The van der Waals surface area contributed by atoms with E-state index < -0.39 is 0 Å². The number of carbonyl (C=O) groups excluding carboxylic acids is 3. The monoisotopic (exact) mass is 622 g/mol. The maximum Gasteiger partial charge on any atom is 0.306 e. The fourth-order valence-corrected chi connectivity index (χ4v) is 4.86. The van der Waals surface area contributed by atoms with E-state index in [-0.39, 0.29) is 24.0 Å². The van der Waals surface area contributed by atoms with Crippen molar-refractivity contribution in [2.24, 2.45) is 0 Å². The molecule has 0 saturated heterocycles. The summed E-state index contributed by atoms with van der Waals surface area (Å²) in [4.78, 5) is 36.3.